The molecule has 0 heterocycles. The van der Waals surface area contributed by atoms with Crippen LogP contribution < -0.4 is 11.1 Å². The Labute approximate surface area is 113 Å². The molecule has 0 saturated heterocycles. The summed E-state index contributed by atoms with van der Waals surface area (Å²) in [7, 11) is 0. The van der Waals surface area contributed by atoms with Crippen molar-refractivity contribution in [1.29, 1.82) is 0 Å². The van der Waals surface area contributed by atoms with Crippen LogP contribution in [0.3, 0.4) is 0 Å². The van der Waals surface area contributed by atoms with Gasteiger partial charge in [-0.15, -0.1) is 0 Å². The van der Waals surface area contributed by atoms with Gasteiger partial charge in [0.1, 0.15) is 5.82 Å². The fourth-order valence-electron chi connectivity index (χ4n) is 2.04. The predicted octanol–water partition coefficient (Wildman–Crippen LogP) is 2.44. The van der Waals surface area contributed by atoms with Gasteiger partial charge in [0.05, 0.1) is 5.56 Å². The van der Waals surface area contributed by atoms with E-state index >= 15 is 0 Å². The van der Waals surface area contributed by atoms with Gasteiger partial charge in [-0.05, 0) is 25.3 Å². The molecule has 1 aromatic carbocycles. The second-order valence-electron chi connectivity index (χ2n) is 5.18. The molecule has 19 heavy (non-hydrogen) atoms. The number of amidine groups is 1. The minimum absolute atomic E-state index is 0.123. The number of oxime groups is 1. The molecular weight excluding hydrogens is 245 g/mol. The van der Waals surface area contributed by atoms with Crippen LogP contribution in [-0.2, 0) is 6.54 Å². The minimum atomic E-state index is -0.443. The highest BCUT2D eigenvalue weighted by Crippen LogP contribution is 2.13. The molecule has 1 unspecified atom stereocenters. The summed E-state index contributed by atoms with van der Waals surface area (Å²) in [5.74, 6) is -0.0625. The monoisotopic (exact) mass is 267 g/mol. The van der Waals surface area contributed by atoms with Crippen LogP contribution in [0.4, 0.5) is 4.39 Å². The Morgan fingerprint density at radius 2 is 2.11 bits per heavy atom. The van der Waals surface area contributed by atoms with Crippen molar-refractivity contribution in [3.8, 4) is 0 Å². The van der Waals surface area contributed by atoms with Crippen LogP contribution in [-0.4, -0.2) is 17.1 Å². The van der Waals surface area contributed by atoms with Gasteiger partial charge in [-0.2, -0.15) is 0 Å². The average Bonchev–Trinajstić information content (AvgIpc) is 2.36. The summed E-state index contributed by atoms with van der Waals surface area (Å²) >= 11 is 0. The lowest BCUT2D eigenvalue weighted by Crippen LogP contribution is -2.27. The largest absolute Gasteiger partial charge is 0.409 e. The van der Waals surface area contributed by atoms with Crippen LogP contribution in [0.1, 0.15) is 38.3 Å². The van der Waals surface area contributed by atoms with Gasteiger partial charge < -0.3 is 16.3 Å². The second-order valence-corrected chi connectivity index (χ2v) is 5.18. The van der Waals surface area contributed by atoms with E-state index in [4.69, 9.17) is 10.9 Å². The summed E-state index contributed by atoms with van der Waals surface area (Å²) < 4.78 is 14.1. The van der Waals surface area contributed by atoms with Gasteiger partial charge >= 0.3 is 0 Å². The van der Waals surface area contributed by atoms with Crippen LogP contribution in [0, 0.1) is 11.7 Å². The third-order valence-electron chi connectivity index (χ3n) is 2.93. The number of hydrogen-bond acceptors (Lipinski definition) is 3. The molecule has 0 aliphatic rings. The van der Waals surface area contributed by atoms with E-state index in [0.717, 1.165) is 6.42 Å². The van der Waals surface area contributed by atoms with Crippen molar-refractivity contribution < 1.29 is 9.60 Å². The number of hydrogen-bond donors (Lipinski definition) is 3. The summed E-state index contributed by atoms with van der Waals surface area (Å²) in [6.07, 6.45) is 1.03. The molecule has 0 aliphatic carbocycles. The fraction of sp³-hybridized carbons (Fsp3) is 0.500. The SMILES string of the molecule is CC(C)CC(C)NCc1cccc(/C(N)=N/O)c1F. The molecule has 5 heteroatoms. The van der Waals surface area contributed by atoms with Gasteiger partial charge in [-0.25, -0.2) is 4.39 Å². The molecule has 0 spiro atoms. The number of rotatable bonds is 6. The van der Waals surface area contributed by atoms with E-state index in [-0.39, 0.29) is 11.4 Å². The zero-order valence-electron chi connectivity index (χ0n) is 11.7. The topological polar surface area (TPSA) is 70.6 Å². The standard InChI is InChI=1S/C14H22FN3O/c1-9(2)7-10(3)17-8-11-5-4-6-12(13(11)15)14(16)18-19/h4-6,9-10,17,19H,7-8H2,1-3H3,(H2,16,18). The smallest absolute Gasteiger partial charge is 0.173 e. The predicted molar refractivity (Wildman–Crippen MR) is 74.7 cm³/mol. The first-order valence-electron chi connectivity index (χ1n) is 6.44. The molecule has 0 radical (unpaired) electrons. The Bertz CT molecular complexity index is 446. The third-order valence-corrected chi connectivity index (χ3v) is 2.93. The molecule has 1 rings (SSSR count). The van der Waals surface area contributed by atoms with Crippen molar-refractivity contribution in [3.05, 3.63) is 35.1 Å². The molecular formula is C14H22FN3O. The first kappa shape index (κ1) is 15.4. The zero-order valence-corrected chi connectivity index (χ0v) is 11.7. The van der Waals surface area contributed by atoms with E-state index in [1.54, 1.807) is 12.1 Å². The van der Waals surface area contributed by atoms with E-state index in [1.165, 1.54) is 6.07 Å². The molecule has 0 fully saturated rings. The number of benzene rings is 1. The van der Waals surface area contributed by atoms with Crippen LogP contribution >= 0.6 is 0 Å². The van der Waals surface area contributed by atoms with Crippen LogP contribution in [0.25, 0.3) is 0 Å². The minimum Gasteiger partial charge on any atom is -0.409 e. The quantitative estimate of drug-likeness (QED) is 0.321. The Morgan fingerprint density at radius 3 is 2.68 bits per heavy atom. The van der Waals surface area contributed by atoms with E-state index < -0.39 is 5.82 Å². The highest BCUT2D eigenvalue weighted by atomic mass is 19.1. The molecule has 4 N–H and O–H groups in total. The van der Waals surface area contributed by atoms with Crippen LogP contribution in [0.5, 0.6) is 0 Å². The fourth-order valence-corrected chi connectivity index (χ4v) is 2.04. The first-order valence-corrected chi connectivity index (χ1v) is 6.44. The van der Waals surface area contributed by atoms with Crippen LogP contribution in [0.15, 0.2) is 23.4 Å². The first-order chi connectivity index (χ1) is 8.95. The Kier molecular flexibility index (Phi) is 5.76. The van der Waals surface area contributed by atoms with Crippen molar-refractivity contribution in [2.45, 2.75) is 39.8 Å². The normalized spacial score (nSPS) is 13.8. The Balaban J connectivity index is 2.74. The van der Waals surface area contributed by atoms with Crippen LogP contribution in [0.2, 0.25) is 0 Å². The summed E-state index contributed by atoms with van der Waals surface area (Å²) in [6, 6.07) is 5.19. The lowest BCUT2D eigenvalue weighted by Gasteiger charge is -2.16. The van der Waals surface area contributed by atoms with Gasteiger partial charge in [0.2, 0.25) is 0 Å². The summed E-state index contributed by atoms with van der Waals surface area (Å²) in [6.45, 7) is 6.80. The molecule has 1 aromatic rings. The number of nitrogens with one attached hydrogen (secondary N) is 1. The highest BCUT2D eigenvalue weighted by molar-refractivity contribution is 5.97. The summed E-state index contributed by atoms with van der Waals surface area (Å²) in [5.41, 5.74) is 6.06. The summed E-state index contributed by atoms with van der Waals surface area (Å²) in [4.78, 5) is 0. The number of nitrogens with two attached hydrogens (primary N) is 1. The molecule has 0 saturated carbocycles. The van der Waals surface area contributed by atoms with Gasteiger partial charge in [0.25, 0.3) is 0 Å². The molecule has 1 atom stereocenters. The average molecular weight is 267 g/mol. The van der Waals surface area contributed by atoms with Gasteiger partial charge in [0.15, 0.2) is 5.84 Å². The van der Waals surface area contributed by atoms with Crippen molar-refractivity contribution in [1.82, 2.24) is 5.32 Å². The second kappa shape index (κ2) is 7.09. The van der Waals surface area contributed by atoms with Crippen molar-refractivity contribution in [2.75, 3.05) is 0 Å². The maximum absolute atomic E-state index is 14.1. The molecule has 0 aromatic heterocycles. The maximum atomic E-state index is 14.1. The molecule has 106 valence electrons. The molecule has 0 amide bonds. The van der Waals surface area contributed by atoms with E-state index in [1.807, 2.05) is 0 Å². The lowest BCUT2D eigenvalue weighted by atomic mass is 10.0. The van der Waals surface area contributed by atoms with Crippen molar-refractivity contribution in [3.63, 3.8) is 0 Å². The highest BCUT2D eigenvalue weighted by Gasteiger charge is 2.12. The number of halogens is 1. The van der Waals surface area contributed by atoms with Crippen molar-refractivity contribution in [2.24, 2.45) is 16.8 Å². The van der Waals surface area contributed by atoms with Gasteiger partial charge in [-0.1, -0.05) is 31.1 Å². The van der Waals surface area contributed by atoms with E-state index in [2.05, 4.69) is 31.2 Å². The lowest BCUT2D eigenvalue weighted by molar-refractivity contribution is 0.318. The van der Waals surface area contributed by atoms with Gasteiger partial charge in [-0.3, -0.25) is 0 Å². The van der Waals surface area contributed by atoms with Crippen molar-refractivity contribution >= 4 is 5.84 Å². The van der Waals surface area contributed by atoms with Gasteiger partial charge in [0, 0.05) is 18.2 Å². The maximum Gasteiger partial charge on any atom is 0.173 e. The summed E-state index contributed by atoms with van der Waals surface area (Å²) in [5, 5.41) is 14.7. The molecule has 0 aliphatic heterocycles. The Morgan fingerprint density at radius 1 is 1.42 bits per heavy atom. The molecule has 4 nitrogen and oxygen atoms in total. The number of nitrogens with zero attached hydrogens (tertiary/aromatic N) is 1. The third kappa shape index (κ3) is 4.52. The zero-order chi connectivity index (χ0) is 14.4. The Hall–Kier alpha value is -1.62. The van der Waals surface area contributed by atoms with E-state index in [0.29, 0.717) is 24.1 Å². The van der Waals surface area contributed by atoms with E-state index in [9.17, 15) is 4.39 Å². The molecule has 0 bridgehead atoms.